The van der Waals surface area contributed by atoms with E-state index < -0.39 is 94.6 Å². The fraction of sp³-hybridized carbons (Fsp3) is 0.389. The van der Waals surface area contributed by atoms with Crippen molar-refractivity contribution < 1.29 is 57.0 Å². The number of nitrogens with zero attached hydrogens (tertiary/aromatic N) is 1. The van der Waals surface area contributed by atoms with Crippen LogP contribution in [0.2, 0.25) is 0 Å². The molecule has 0 aromatic heterocycles. The summed E-state index contributed by atoms with van der Waals surface area (Å²) in [5.41, 5.74) is 2.84. The van der Waals surface area contributed by atoms with Crippen LogP contribution in [-0.4, -0.2) is 101 Å². The summed E-state index contributed by atoms with van der Waals surface area (Å²) in [6.07, 6.45) is -10.6. The normalized spacial score (nSPS) is 28.4. The molecule has 4 heterocycles. The molecule has 0 saturated carbocycles. The van der Waals surface area contributed by atoms with Crippen LogP contribution in [0.25, 0.3) is 0 Å². The summed E-state index contributed by atoms with van der Waals surface area (Å²) in [4.78, 5) is 29.4. The zero-order chi connectivity index (χ0) is 49.5. The summed E-state index contributed by atoms with van der Waals surface area (Å²) in [5.74, 6) is -1.91. The molecule has 71 heavy (non-hydrogen) atoms. The summed E-state index contributed by atoms with van der Waals surface area (Å²) >= 11 is 18.6. The predicted molar refractivity (Wildman–Crippen MR) is 262 cm³/mol. The molecule has 14 nitrogen and oxygen atoms in total. The van der Waals surface area contributed by atoms with E-state index in [0.29, 0.717) is 0 Å². The zero-order valence-corrected chi connectivity index (χ0v) is 41.3. The zero-order valence-electron chi connectivity index (χ0n) is 39.0. The Kier molecular flexibility index (Phi) is 16.5. The molecule has 4 fully saturated rings. The third kappa shape index (κ3) is 12.0. The smallest absolute Gasteiger partial charge is 0.265 e. The number of ether oxygens (including phenoxy) is 10. The first-order valence-corrected chi connectivity index (χ1v) is 24.6. The second kappa shape index (κ2) is 23.0. The SMILES string of the molecule is CC1(C)C(=O)N([C@H]2[C@H](OC(=N)C(Cl)(Cl)Cl)O[C@H](COCc3ccccc3)[C@@H](O[C@@H]3O[C@@H]4CO[C@@H](c5ccccc5)O[C@H]4[C@H](OCc4ccccc4)[C@@H]3OCc3ccccc3)[C@@H]2OCc2ccccc2)C1=O. The van der Waals surface area contributed by atoms with E-state index in [2.05, 4.69) is 0 Å². The maximum atomic E-state index is 14.2. The maximum Gasteiger partial charge on any atom is 0.265 e. The molecule has 5 aromatic carbocycles. The van der Waals surface area contributed by atoms with Gasteiger partial charge in [0.05, 0.1) is 39.6 Å². The molecule has 17 heteroatoms. The number of halogens is 3. The van der Waals surface area contributed by atoms with Gasteiger partial charge in [0.25, 0.3) is 3.79 Å². The molecule has 0 radical (unpaired) electrons. The highest BCUT2D eigenvalue weighted by Crippen LogP contribution is 2.44. The molecule has 9 rings (SSSR count). The number of benzene rings is 5. The number of carbonyl (C=O) groups is 2. The Labute approximate surface area is 427 Å². The van der Waals surface area contributed by atoms with Crippen molar-refractivity contribution in [3.8, 4) is 0 Å². The Morgan fingerprint density at radius 1 is 0.620 bits per heavy atom. The van der Waals surface area contributed by atoms with Gasteiger partial charge in [0.15, 0.2) is 12.6 Å². The van der Waals surface area contributed by atoms with Crippen molar-refractivity contribution in [1.29, 1.82) is 5.41 Å². The van der Waals surface area contributed by atoms with Gasteiger partial charge in [-0.25, -0.2) is 0 Å². The molecule has 11 atom stereocenters. The van der Waals surface area contributed by atoms with E-state index in [1.165, 1.54) is 13.8 Å². The Balaban J connectivity index is 1.13. The summed E-state index contributed by atoms with van der Waals surface area (Å²) in [6.45, 7) is 3.43. The Hall–Kier alpha value is -4.78. The molecular formula is C54H55Cl3N2O12. The van der Waals surface area contributed by atoms with Gasteiger partial charge >= 0.3 is 0 Å². The van der Waals surface area contributed by atoms with Crippen molar-refractivity contribution in [2.24, 2.45) is 5.41 Å². The van der Waals surface area contributed by atoms with Crippen LogP contribution >= 0.6 is 34.8 Å². The monoisotopic (exact) mass is 1030 g/mol. The van der Waals surface area contributed by atoms with Crippen LogP contribution in [0, 0.1) is 10.8 Å². The number of rotatable bonds is 18. The third-order valence-electron chi connectivity index (χ3n) is 12.8. The highest BCUT2D eigenvalue weighted by atomic mass is 35.6. The number of alkyl halides is 3. The van der Waals surface area contributed by atoms with E-state index in [9.17, 15) is 9.59 Å². The lowest BCUT2D eigenvalue weighted by molar-refractivity contribution is -0.392. The Morgan fingerprint density at radius 3 is 1.62 bits per heavy atom. The third-order valence-corrected chi connectivity index (χ3v) is 13.3. The van der Waals surface area contributed by atoms with Gasteiger partial charge in [0, 0.05) is 5.56 Å². The number of carbonyl (C=O) groups excluding carboxylic acids is 2. The summed E-state index contributed by atoms with van der Waals surface area (Å²) in [6, 6.07) is 46.5. The molecule has 0 spiro atoms. The molecular weight excluding hydrogens is 975 g/mol. The van der Waals surface area contributed by atoms with Crippen LogP contribution in [0.4, 0.5) is 0 Å². The van der Waals surface area contributed by atoms with E-state index in [0.717, 1.165) is 32.7 Å². The van der Waals surface area contributed by atoms with Crippen LogP contribution in [0.5, 0.6) is 0 Å². The number of likely N-dealkylation sites (tertiary alicyclic amines) is 1. The van der Waals surface area contributed by atoms with Crippen molar-refractivity contribution in [3.05, 3.63) is 179 Å². The first-order chi connectivity index (χ1) is 34.3. The minimum Gasteiger partial charge on any atom is -0.446 e. The predicted octanol–water partition coefficient (Wildman–Crippen LogP) is 9.04. The fourth-order valence-corrected chi connectivity index (χ4v) is 9.19. The van der Waals surface area contributed by atoms with Crippen molar-refractivity contribution >= 4 is 52.5 Å². The van der Waals surface area contributed by atoms with Crippen LogP contribution < -0.4 is 0 Å². The number of nitrogens with one attached hydrogen (secondary N) is 1. The van der Waals surface area contributed by atoms with E-state index >= 15 is 0 Å². The van der Waals surface area contributed by atoms with E-state index in [-0.39, 0.29) is 39.6 Å². The lowest BCUT2D eigenvalue weighted by Gasteiger charge is -2.55. The fourth-order valence-electron chi connectivity index (χ4n) is 9.06. The Bertz CT molecular complexity index is 2510. The number of hydrogen-bond acceptors (Lipinski definition) is 13. The van der Waals surface area contributed by atoms with Gasteiger partial charge in [0.2, 0.25) is 24.0 Å². The summed E-state index contributed by atoms with van der Waals surface area (Å²) in [7, 11) is 0. The van der Waals surface area contributed by atoms with Gasteiger partial charge in [-0.15, -0.1) is 0 Å². The van der Waals surface area contributed by atoms with Crippen LogP contribution in [0.15, 0.2) is 152 Å². The van der Waals surface area contributed by atoms with Crippen LogP contribution in [0.3, 0.4) is 0 Å². The van der Waals surface area contributed by atoms with Crippen LogP contribution in [-0.2, 0) is 83.4 Å². The second-order valence-electron chi connectivity index (χ2n) is 18.2. The maximum absolute atomic E-state index is 14.2. The minimum absolute atomic E-state index is 0.0246. The molecule has 4 aliphatic heterocycles. The van der Waals surface area contributed by atoms with Gasteiger partial charge in [0.1, 0.15) is 54.2 Å². The molecule has 374 valence electrons. The minimum atomic E-state index is -2.35. The van der Waals surface area contributed by atoms with E-state index in [1.54, 1.807) is 0 Å². The van der Waals surface area contributed by atoms with Gasteiger partial charge in [-0.05, 0) is 36.1 Å². The molecule has 5 aromatic rings. The first kappa shape index (κ1) is 51.1. The number of imide groups is 1. The lowest BCUT2D eigenvalue weighted by atomic mass is 9.78. The van der Waals surface area contributed by atoms with Gasteiger partial charge in [-0.2, -0.15) is 0 Å². The summed E-state index contributed by atoms with van der Waals surface area (Å²) < 4.78 is 64.9. The number of hydrogen-bond donors (Lipinski definition) is 1. The van der Waals surface area contributed by atoms with Crippen molar-refractivity contribution in [3.63, 3.8) is 0 Å². The number of amides is 2. The molecule has 2 amide bonds. The molecule has 4 aliphatic rings. The summed E-state index contributed by atoms with van der Waals surface area (Å²) in [5, 5.41) is 8.69. The van der Waals surface area contributed by atoms with Crippen LogP contribution in [0.1, 0.15) is 48.0 Å². The quantitative estimate of drug-likeness (QED) is 0.0293. The number of β-lactam (4-membered cyclic amide) rings is 2. The van der Waals surface area contributed by atoms with Crippen molar-refractivity contribution in [2.45, 2.75) is 112 Å². The highest BCUT2D eigenvalue weighted by Gasteiger charge is 2.64. The topological polar surface area (TPSA) is 154 Å². The average molecular weight is 1030 g/mol. The second-order valence-corrected chi connectivity index (χ2v) is 20.5. The molecule has 1 N–H and O–H groups in total. The molecule has 0 bridgehead atoms. The highest BCUT2D eigenvalue weighted by molar-refractivity contribution is 6.76. The molecule has 0 unspecified atom stereocenters. The van der Waals surface area contributed by atoms with Crippen molar-refractivity contribution in [2.75, 3.05) is 13.2 Å². The molecule has 4 saturated heterocycles. The van der Waals surface area contributed by atoms with Gasteiger partial charge in [-0.1, -0.05) is 186 Å². The molecule has 0 aliphatic carbocycles. The average Bonchev–Trinajstić information content (AvgIpc) is 3.39. The largest absolute Gasteiger partial charge is 0.446 e. The lowest BCUT2D eigenvalue weighted by Crippen LogP contribution is -2.76. The van der Waals surface area contributed by atoms with E-state index in [4.69, 9.17) is 87.6 Å². The van der Waals surface area contributed by atoms with E-state index in [1.807, 2.05) is 152 Å². The Morgan fingerprint density at radius 2 is 1.10 bits per heavy atom. The van der Waals surface area contributed by atoms with Gasteiger partial charge < -0.3 is 47.4 Å². The van der Waals surface area contributed by atoms with Gasteiger partial charge in [-0.3, -0.25) is 19.9 Å². The standard InChI is InChI=1S/C54H55Cl3N2O12/c1-53(2)51(60)59(52(53)61)41-44(63-29-35-20-10-4-11-21-35)42(39(32-62-28-34-18-8-3-9-19-34)67-48(41)71-50(58)54(55,56)57)70-49-46(65-31-37-24-14-6-15-25-37)45(64-30-36-22-12-5-13-23-36)43-40(68-49)33-66-47(69-43)38-26-16-7-17-27-38/h3-27,39-49,58H,28-33H2,1-2H3/t39-,40-,41-,42-,43-,44-,45+,46+,47-,48+,49+/m1/s1. The first-order valence-electron chi connectivity index (χ1n) is 23.4. The van der Waals surface area contributed by atoms with Crippen molar-refractivity contribution in [1.82, 2.24) is 4.90 Å². The number of fused-ring (bicyclic) bond motifs is 1.